The summed E-state index contributed by atoms with van der Waals surface area (Å²) in [5, 5.41) is 3.12. The second kappa shape index (κ2) is 17.6. The highest BCUT2D eigenvalue weighted by Crippen LogP contribution is 2.32. The molecule has 2 aromatic rings. The molecule has 0 spiro atoms. The number of carbonyl (C=O) groups excluding carboxylic acids is 2. The van der Waals surface area contributed by atoms with Crippen molar-refractivity contribution >= 4 is 17.7 Å². The lowest BCUT2D eigenvalue weighted by Gasteiger charge is -2.26. The summed E-state index contributed by atoms with van der Waals surface area (Å²) in [6, 6.07) is 12.9. The smallest absolute Gasteiger partial charge is 0.349 e. The Balaban J connectivity index is 1.71. The molecule has 0 saturated heterocycles. The molecule has 0 radical (unpaired) electrons. The zero-order valence-electron chi connectivity index (χ0n) is 26.9. The van der Waals surface area contributed by atoms with Crippen LogP contribution >= 0.6 is 0 Å². The molecule has 1 fully saturated rings. The second-order valence-corrected chi connectivity index (χ2v) is 11.9. The Morgan fingerprint density at radius 3 is 2.30 bits per heavy atom. The first-order chi connectivity index (χ1) is 20.7. The summed E-state index contributed by atoms with van der Waals surface area (Å²) in [6.45, 7) is 9.36. The second-order valence-electron chi connectivity index (χ2n) is 11.9. The van der Waals surface area contributed by atoms with E-state index >= 15 is 0 Å². The number of rotatable bonds is 17. The first kappa shape index (κ1) is 34.1. The Labute approximate surface area is 258 Å². The molecule has 2 aromatic carbocycles. The monoisotopic (exact) mass is 596 g/mol. The highest BCUT2D eigenvalue weighted by Gasteiger charge is 2.31. The molecule has 0 aliphatic heterocycles. The van der Waals surface area contributed by atoms with E-state index in [0.29, 0.717) is 55.2 Å². The van der Waals surface area contributed by atoms with Crippen LogP contribution in [0.3, 0.4) is 0 Å². The standard InChI is InChI=1S/C35H52N2O6/c1-6-8-9-10-14-23-37(25-27-17-19-29(20-18-27)43-35(3,4)33(38)41-7-2)34(39)36-31-22-21-30(40-5)24-32(31)42-26-28-15-12-11-13-16-28/h17-22,24,28H,6-16,23,25-26H2,1-5H3,(H,36,39). The number of benzene rings is 2. The molecule has 1 aliphatic rings. The van der Waals surface area contributed by atoms with Crippen molar-refractivity contribution in [2.75, 3.05) is 32.2 Å². The van der Waals surface area contributed by atoms with Crippen LogP contribution in [0.2, 0.25) is 0 Å². The van der Waals surface area contributed by atoms with E-state index in [0.717, 1.165) is 24.8 Å². The van der Waals surface area contributed by atoms with Crippen LogP contribution < -0.4 is 19.5 Å². The molecule has 0 atom stereocenters. The average Bonchev–Trinajstić information content (AvgIpc) is 3.01. The third-order valence-corrected chi connectivity index (χ3v) is 7.89. The molecule has 8 nitrogen and oxygen atoms in total. The zero-order valence-corrected chi connectivity index (χ0v) is 26.9. The number of methoxy groups -OCH3 is 1. The lowest BCUT2D eigenvalue weighted by Crippen LogP contribution is -2.39. The van der Waals surface area contributed by atoms with E-state index in [9.17, 15) is 9.59 Å². The van der Waals surface area contributed by atoms with Gasteiger partial charge in [0.1, 0.15) is 17.2 Å². The van der Waals surface area contributed by atoms with Crippen LogP contribution in [0.25, 0.3) is 0 Å². The minimum absolute atomic E-state index is 0.174. The molecular formula is C35H52N2O6. The van der Waals surface area contributed by atoms with Gasteiger partial charge in [-0.15, -0.1) is 0 Å². The SMILES string of the molecule is CCCCCCCN(Cc1ccc(OC(C)(C)C(=O)OCC)cc1)C(=O)Nc1ccc(OC)cc1OCC1CCCCC1. The number of carbonyl (C=O) groups is 2. The summed E-state index contributed by atoms with van der Waals surface area (Å²) in [5.74, 6) is 2.02. The van der Waals surface area contributed by atoms with Crippen molar-refractivity contribution in [1.82, 2.24) is 4.90 Å². The summed E-state index contributed by atoms with van der Waals surface area (Å²) in [7, 11) is 1.63. The number of unbranched alkanes of at least 4 members (excludes halogenated alkanes) is 4. The lowest BCUT2D eigenvalue weighted by molar-refractivity contribution is -0.158. The van der Waals surface area contributed by atoms with Crippen LogP contribution in [-0.4, -0.2) is 49.4 Å². The molecule has 0 unspecified atom stereocenters. The molecular weight excluding hydrogens is 544 g/mol. The van der Waals surface area contributed by atoms with Crippen molar-refractivity contribution in [3.63, 3.8) is 0 Å². The summed E-state index contributed by atoms with van der Waals surface area (Å²) in [5.41, 5.74) is 0.507. The maximum atomic E-state index is 13.7. The number of hydrogen-bond donors (Lipinski definition) is 1. The van der Waals surface area contributed by atoms with Crippen molar-refractivity contribution in [3.8, 4) is 17.2 Å². The van der Waals surface area contributed by atoms with Crippen molar-refractivity contribution in [2.45, 2.75) is 104 Å². The normalized spacial score (nSPS) is 13.7. The van der Waals surface area contributed by atoms with Gasteiger partial charge in [0.15, 0.2) is 5.60 Å². The molecule has 238 valence electrons. The van der Waals surface area contributed by atoms with Crippen LogP contribution in [0.1, 0.15) is 97.5 Å². The van der Waals surface area contributed by atoms with Gasteiger partial charge < -0.3 is 29.2 Å². The number of nitrogens with one attached hydrogen (secondary N) is 1. The molecule has 1 N–H and O–H groups in total. The van der Waals surface area contributed by atoms with E-state index in [1.165, 1.54) is 44.9 Å². The highest BCUT2D eigenvalue weighted by atomic mass is 16.6. The molecule has 3 rings (SSSR count). The average molecular weight is 597 g/mol. The van der Waals surface area contributed by atoms with Crippen LogP contribution in [0.4, 0.5) is 10.5 Å². The van der Waals surface area contributed by atoms with Gasteiger partial charge in [-0.2, -0.15) is 0 Å². The number of esters is 1. The third kappa shape index (κ3) is 11.3. The van der Waals surface area contributed by atoms with E-state index in [1.54, 1.807) is 27.9 Å². The number of ether oxygens (including phenoxy) is 4. The number of amides is 2. The molecule has 2 amide bonds. The molecule has 0 heterocycles. The molecule has 8 heteroatoms. The predicted molar refractivity (Wildman–Crippen MR) is 171 cm³/mol. The van der Waals surface area contributed by atoms with Crippen LogP contribution in [0.15, 0.2) is 42.5 Å². The van der Waals surface area contributed by atoms with E-state index in [-0.39, 0.29) is 6.03 Å². The first-order valence-corrected chi connectivity index (χ1v) is 16.1. The van der Waals surface area contributed by atoms with Crippen molar-refractivity contribution in [1.29, 1.82) is 0 Å². The Kier molecular flexibility index (Phi) is 14.0. The minimum Gasteiger partial charge on any atom is -0.497 e. The molecule has 0 aromatic heterocycles. The quantitative estimate of drug-likeness (QED) is 0.146. The topological polar surface area (TPSA) is 86.3 Å². The number of anilines is 1. The lowest BCUT2D eigenvalue weighted by atomic mass is 9.90. The third-order valence-electron chi connectivity index (χ3n) is 7.89. The zero-order chi connectivity index (χ0) is 31.1. The number of urea groups is 1. The fourth-order valence-electron chi connectivity index (χ4n) is 5.29. The first-order valence-electron chi connectivity index (χ1n) is 16.1. The maximum Gasteiger partial charge on any atom is 0.349 e. The predicted octanol–water partition coefficient (Wildman–Crippen LogP) is 8.38. The number of nitrogens with zero attached hydrogens (tertiary/aromatic N) is 1. The summed E-state index contributed by atoms with van der Waals surface area (Å²) in [6.07, 6.45) is 11.7. The Bertz CT molecular complexity index is 1130. The summed E-state index contributed by atoms with van der Waals surface area (Å²) in [4.78, 5) is 27.8. The molecule has 0 bridgehead atoms. The fourth-order valence-corrected chi connectivity index (χ4v) is 5.29. The van der Waals surface area contributed by atoms with Gasteiger partial charge in [0, 0.05) is 19.2 Å². The van der Waals surface area contributed by atoms with E-state index in [2.05, 4.69) is 12.2 Å². The van der Waals surface area contributed by atoms with Crippen molar-refractivity contribution < 1.29 is 28.5 Å². The fraction of sp³-hybridized carbons (Fsp3) is 0.600. The Hall–Kier alpha value is -3.42. The Morgan fingerprint density at radius 1 is 0.930 bits per heavy atom. The Morgan fingerprint density at radius 2 is 1.63 bits per heavy atom. The van der Waals surface area contributed by atoms with Gasteiger partial charge in [-0.25, -0.2) is 9.59 Å². The van der Waals surface area contributed by atoms with Gasteiger partial charge in [0.25, 0.3) is 0 Å². The van der Waals surface area contributed by atoms with Crippen LogP contribution in [0.5, 0.6) is 17.2 Å². The summed E-state index contributed by atoms with van der Waals surface area (Å²) < 4.78 is 22.8. The molecule has 1 aliphatic carbocycles. The van der Waals surface area contributed by atoms with Gasteiger partial charge in [0.05, 0.1) is 26.0 Å². The minimum atomic E-state index is -1.10. The van der Waals surface area contributed by atoms with E-state index < -0.39 is 11.6 Å². The summed E-state index contributed by atoms with van der Waals surface area (Å²) >= 11 is 0. The number of hydrogen-bond acceptors (Lipinski definition) is 6. The van der Waals surface area contributed by atoms with Crippen LogP contribution in [-0.2, 0) is 16.1 Å². The van der Waals surface area contributed by atoms with Gasteiger partial charge in [-0.1, -0.05) is 64.0 Å². The molecule has 43 heavy (non-hydrogen) atoms. The largest absolute Gasteiger partial charge is 0.497 e. The van der Waals surface area contributed by atoms with E-state index in [4.69, 9.17) is 18.9 Å². The van der Waals surface area contributed by atoms with E-state index in [1.807, 2.05) is 47.4 Å². The van der Waals surface area contributed by atoms with Crippen molar-refractivity contribution in [3.05, 3.63) is 48.0 Å². The molecule has 1 saturated carbocycles. The van der Waals surface area contributed by atoms with Crippen molar-refractivity contribution in [2.24, 2.45) is 5.92 Å². The highest BCUT2D eigenvalue weighted by molar-refractivity contribution is 5.91. The van der Waals surface area contributed by atoms with Gasteiger partial charge >= 0.3 is 12.0 Å². The van der Waals surface area contributed by atoms with Crippen LogP contribution in [0, 0.1) is 5.92 Å². The maximum absolute atomic E-state index is 13.7. The van der Waals surface area contributed by atoms with Gasteiger partial charge in [-0.05, 0) is 75.8 Å². The van der Waals surface area contributed by atoms with Gasteiger partial charge in [0.2, 0.25) is 0 Å². The van der Waals surface area contributed by atoms with Gasteiger partial charge in [-0.3, -0.25) is 0 Å².